The van der Waals surface area contributed by atoms with Gasteiger partial charge in [-0.2, -0.15) is 5.10 Å². The third-order valence-corrected chi connectivity index (χ3v) is 3.98. The van der Waals surface area contributed by atoms with Gasteiger partial charge in [0.15, 0.2) is 5.69 Å². The van der Waals surface area contributed by atoms with E-state index in [4.69, 9.17) is 5.11 Å². The summed E-state index contributed by atoms with van der Waals surface area (Å²) in [5.74, 6) is -3.39. The number of para-hydroxylation sites is 1. The molecule has 0 fully saturated rings. The highest BCUT2D eigenvalue weighted by atomic mass is 16.4. The van der Waals surface area contributed by atoms with Gasteiger partial charge in [-0.15, -0.1) is 0 Å². The molecule has 3 aromatic rings. The molecule has 0 aliphatic rings. The minimum atomic E-state index is -1.31. The zero-order valence-electron chi connectivity index (χ0n) is 13.8. The summed E-state index contributed by atoms with van der Waals surface area (Å²) in [5, 5.41) is 25.6. The number of carboxylic acids is 2. The van der Waals surface area contributed by atoms with Crippen LogP contribution in [0.25, 0.3) is 10.9 Å². The maximum absolute atomic E-state index is 12.4. The topological polar surface area (TPSA) is 137 Å². The molecule has 4 N–H and O–H groups in total. The van der Waals surface area contributed by atoms with Crippen LogP contribution in [0, 0.1) is 0 Å². The molecule has 0 bridgehead atoms. The number of nitrogens with zero attached hydrogens (tertiary/aromatic N) is 2. The molecule has 134 valence electrons. The standard InChI is InChI=1S/C17H16N4O5/c1-21-8-11(16(23)24)14(20-21)15(22)19-13(17(25)26)6-9-7-18-12-5-3-2-4-10(9)12/h2-5,7-8,13,18H,6H2,1H3,(H,19,22)(H,23,24)(H,25,26)/t13-/m0/s1. The second-order valence-corrected chi connectivity index (χ2v) is 5.80. The van der Waals surface area contributed by atoms with E-state index in [9.17, 15) is 19.5 Å². The van der Waals surface area contributed by atoms with Gasteiger partial charge in [0, 0.05) is 36.8 Å². The first-order valence-electron chi connectivity index (χ1n) is 7.72. The van der Waals surface area contributed by atoms with Crippen molar-refractivity contribution < 1.29 is 24.6 Å². The van der Waals surface area contributed by atoms with Gasteiger partial charge in [0.2, 0.25) is 0 Å². The molecule has 1 amide bonds. The maximum Gasteiger partial charge on any atom is 0.339 e. The van der Waals surface area contributed by atoms with Crippen molar-refractivity contribution in [2.24, 2.45) is 7.05 Å². The van der Waals surface area contributed by atoms with Crippen LogP contribution >= 0.6 is 0 Å². The summed E-state index contributed by atoms with van der Waals surface area (Å²) in [6.07, 6.45) is 2.92. The number of aromatic amines is 1. The van der Waals surface area contributed by atoms with E-state index in [1.54, 1.807) is 6.20 Å². The molecule has 0 spiro atoms. The molecule has 0 saturated heterocycles. The highest BCUT2D eigenvalue weighted by Crippen LogP contribution is 2.19. The first-order valence-corrected chi connectivity index (χ1v) is 7.72. The Bertz CT molecular complexity index is 1000. The van der Waals surface area contributed by atoms with E-state index in [0.29, 0.717) is 0 Å². The van der Waals surface area contributed by atoms with Crippen molar-refractivity contribution >= 4 is 28.7 Å². The molecule has 0 radical (unpaired) electrons. The number of aryl methyl sites for hydroxylation is 1. The second-order valence-electron chi connectivity index (χ2n) is 5.80. The van der Waals surface area contributed by atoms with E-state index in [-0.39, 0.29) is 17.7 Å². The Labute approximate surface area is 147 Å². The van der Waals surface area contributed by atoms with Gasteiger partial charge in [-0.05, 0) is 11.6 Å². The summed E-state index contributed by atoms with van der Waals surface area (Å²) >= 11 is 0. The predicted octanol–water partition coefficient (Wildman–Crippen LogP) is 1.03. The number of aromatic nitrogens is 3. The lowest BCUT2D eigenvalue weighted by molar-refractivity contribution is -0.139. The highest BCUT2D eigenvalue weighted by molar-refractivity contribution is 6.04. The van der Waals surface area contributed by atoms with Gasteiger partial charge >= 0.3 is 11.9 Å². The second kappa shape index (κ2) is 6.71. The van der Waals surface area contributed by atoms with Crippen LogP contribution in [0.4, 0.5) is 0 Å². The molecule has 2 heterocycles. The van der Waals surface area contributed by atoms with Crippen molar-refractivity contribution in [2.75, 3.05) is 0 Å². The van der Waals surface area contributed by atoms with Gasteiger partial charge in [0.25, 0.3) is 5.91 Å². The molecule has 1 aromatic carbocycles. The number of rotatable bonds is 6. The van der Waals surface area contributed by atoms with Gasteiger partial charge in [-0.25, -0.2) is 9.59 Å². The summed E-state index contributed by atoms with van der Waals surface area (Å²) < 4.78 is 1.19. The van der Waals surface area contributed by atoms with Gasteiger partial charge < -0.3 is 20.5 Å². The summed E-state index contributed by atoms with van der Waals surface area (Å²) in [5.41, 5.74) is 0.968. The van der Waals surface area contributed by atoms with E-state index in [2.05, 4.69) is 15.4 Å². The average Bonchev–Trinajstić information content (AvgIpc) is 3.18. The van der Waals surface area contributed by atoms with Crippen LogP contribution in [0.15, 0.2) is 36.7 Å². The van der Waals surface area contributed by atoms with Crippen LogP contribution in [-0.2, 0) is 18.3 Å². The van der Waals surface area contributed by atoms with Crippen LogP contribution in [0.2, 0.25) is 0 Å². The first kappa shape index (κ1) is 17.2. The number of aromatic carboxylic acids is 1. The van der Waals surface area contributed by atoms with E-state index in [1.807, 2.05) is 24.3 Å². The fraction of sp³-hybridized carbons (Fsp3) is 0.176. The number of fused-ring (bicyclic) bond motifs is 1. The molecule has 3 rings (SSSR count). The fourth-order valence-electron chi connectivity index (χ4n) is 2.76. The Morgan fingerprint density at radius 2 is 2.00 bits per heavy atom. The zero-order chi connectivity index (χ0) is 18.8. The monoisotopic (exact) mass is 356 g/mol. The van der Waals surface area contributed by atoms with Crippen molar-refractivity contribution in [3.8, 4) is 0 Å². The van der Waals surface area contributed by atoms with Crippen LogP contribution in [-0.4, -0.2) is 48.9 Å². The zero-order valence-corrected chi connectivity index (χ0v) is 13.8. The van der Waals surface area contributed by atoms with E-state index >= 15 is 0 Å². The number of carbonyl (C=O) groups excluding carboxylic acids is 1. The molecule has 9 nitrogen and oxygen atoms in total. The Hall–Kier alpha value is -3.62. The van der Waals surface area contributed by atoms with E-state index in [0.717, 1.165) is 16.5 Å². The summed E-state index contributed by atoms with van der Waals surface area (Å²) in [6.45, 7) is 0. The van der Waals surface area contributed by atoms with Crippen molar-refractivity contribution in [1.29, 1.82) is 0 Å². The lowest BCUT2D eigenvalue weighted by Gasteiger charge is -2.13. The normalized spacial score (nSPS) is 12.0. The van der Waals surface area contributed by atoms with Crippen LogP contribution in [0.3, 0.4) is 0 Å². The quantitative estimate of drug-likeness (QED) is 0.520. The largest absolute Gasteiger partial charge is 0.480 e. The molecular formula is C17H16N4O5. The van der Waals surface area contributed by atoms with Crippen LogP contribution in [0.5, 0.6) is 0 Å². The van der Waals surface area contributed by atoms with Gasteiger partial charge in [0.05, 0.1) is 0 Å². The third-order valence-electron chi connectivity index (χ3n) is 3.98. The minimum absolute atomic E-state index is 0.0420. The summed E-state index contributed by atoms with van der Waals surface area (Å²) in [6, 6.07) is 6.17. The summed E-state index contributed by atoms with van der Waals surface area (Å²) in [7, 11) is 1.48. The number of amides is 1. The number of carboxylic acid groups (broad SMARTS) is 2. The van der Waals surface area contributed by atoms with Gasteiger partial charge in [0.1, 0.15) is 11.6 Å². The Morgan fingerprint density at radius 1 is 1.27 bits per heavy atom. The van der Waals surface area contributed by atoms with Crippen molar-refractivity contribution in [1.82, 2.24) is 20.1 Å². The molecule has 0 unspecified atom stereocenters. The van der Waals surface area contributed by atoms with Crippen LogP contribution in [0.1, 0.15) is 26.4 Å². The van der Waals surface area contributed by atoms with Crippen LogP contribution < -0.4 is 5.32 Å². The number of aliphatic carboxylic acids is 1. The molecule has 1 atom stereocenters. The van der Waals surface area contributed by atoms with Crippen molar-refractivity contribution in [3.05, 3.63) is 53.5 Å². The van der Waals surface area contributed by atoms with E-state index in [1.165, 1.54) is 17.9 Å². The lowest BCUT2D eigenvalue weighted by atomic mass is 10.0. The number of carbonyl (C=O) groups is 3. The van der Waals surface area contributed by atoms with E-state index < -0.39 is 23.9 Å². The van der Waals surface area contributed by atoms with Gasteiger partial charge in [-0.3, -0.25) is 9.48 Å². The fourth-order valence-corrected chi connectivity index (χ4v) is 2.76. The van der Waals surface area contributed by atoms with Crippen molar-refractivity contribution in [3.63, 3.8) is 0 Å². The van der Waals surface area contributed by atoms with Crippen molar-refractivity contribution in [2.45, 2.75) is 12.5 Å². The van der Waals surface area contributed by atoms with Gasteiger partial charge in [-0.1, -0.05) is 18.2 Å². The molecule has 0 saturated carbocycles. The molecular weight excluding hydrogens is 340 g/mol. The molecule has 9 heteroatoms. The first-order chi connectivity index (χ1) is 12.4. The predicted molar refractivity (Wildman–Crippen MR) is 91.1 cm³/mol. The number of hydrogen-bond acceptors (Lipinski definition) is 4. The summed E-state index contributed by atoms with van der Waals surface area (Å²) in [4.78, 5) is 38.2. The number of hydrogen-bond donors (Lipinski definition) is 4. The smallest absolute Gasteiger partial charge is 0.339 e. The Balaban J connectivity index is 1.84. The molecule has 0 aliphatic heterocycles. The number of H-pyrrole nitrogens is 1. The molecule has 0 aliphatic carbocycles. The lowest BCUT2D eigenvalue weighted by Crippen LogP contribution is -2.42. The Morgan fingerprint density at radius 3 is 2.69 bits per heavy atom. The number of nitrogens with one attached hydrogen (secondary N) is 2. The number of benzene rings is 1. The SMILES string of the molecule is Cn1cc(C(=O)O)c(C(=O)N[C@@H](Cc2c[nH]c3ccccc23)C(=O)O)n1. The minimum Gasteiger partial charge on any atom is -0.480 e. The Kier molecular flexibility index (Phi) is 4.44. The third kappa shape index (κ3) is 3.27. The molecule has 26 heavy (non-hydrogen) atoms. The maximum atomic E-state index is 12.4. The average molecular weight is 356 g/mol. The highest BCUT2D eigenvalue weighted by Gasteiger charge is 2.27. The molecule has 2 aromatic heterocycles.